The second kappa shape index (κ2) is 8.48. The van der Waals surface area contributed by atoms with Crippen molar-refractivity contribution in [2.75, 3.05) is 32.7 Å². The predicted molar refractivity (Wildman–Crippen MR) is 78.1 cm³/mol. The lowest BCUT2D eigenvalue weighted by Gasteiger charge is -2.36. The topological polar surface area (TPSA) is 29.1 Å². The van der Waals surface area contributed by atoms with Crippen LogP contribution in [0.4, 0.5) is 0 Å². The Morgan fingerprint density at radius 1 is 1.11 bits per heavy atom. The number of rotatable bonds is 10. The van der Waals surface area contributed by atoms with Gasteiger partial charge < -0.3 is 9.80 Å². The number of hydrogen-bond donors (Lipinski definition) is 1. The normalized spacial score (nSPS) is 10.5. The molecular formula is C15H25N2O+. The molecule has 0 heterocycles. The van der Waals surface area contributed by atoms with Gasteiger partial charge in [0.25, 0.3) is 0 Å². The maximum atomic E-state index is 11.4. The summed E-state index contributed by atoms with van der Waals surface area (Å²) >= 11 is 0. The van der Waals surface area contributed by atoms with E-state index in [0.717, 1.165) is 30.7 Å². The van der Waals surface area contributed by atoms with Crippen molar-refractivity contribution < 1.29 is 9.28 Å². The number of nitrogens with one attached hydrogen (secondary N) is 1. The van der Waals surface area contributed by atoms with Gasteiger partial charge in [-0.3, -0.25) is 4.79 Å². The van der Waals surface area contributed by atoms with Crippen LogP contribution in [0.3, 0.4) is 0 Å². The van der Waals surface area contributed by atoms with E-state index < -0.39 is 0 Å². The molecule has 100 valence electrons. The van der Waals surface area contributed by atoms with Gasteiger partial charge in [-0.15, -0.1) is 0 Å². The van der Waals surface area contributed by atoms with Crippen LogP contribution in [0.25, 0.3) is 0 Å². The first kappa shape index (κ1) is 16.4. The molecule has 0 radical (unpaired) electrons. The summed E-state index contributed by atoms with van der Waals surface area (Å²) in [6, 6.07) is 0. The maximum Gasteiger partial charge on any atom is 0.246 e. The van der Waals surface area contributed by atoms with E-state index in [1.54, 1.807) is 6.92 Å². The first-order valence-corrected chi connectivity index (χ1v) is 6.13. The fourth-order valence-electron chi connectivity index (χ4n) is 1.88. The highest BCUT2D eigenvalue weighted by Crippen LogP contribution is 2.07. The lowest BCUT2D eigenvalue weighted by molar-refractivity contribution is -0.910. The number of quaternary nitrogens is 1. The van der Waals surface area contributed by atoms with E-state index in [0.29, 0.717) is 12.1 Å². The van der Waals surface area contributed by atoms with Crippen molar-refractivity contribution in [2.45, 2.75) is 6.92 Å². The van der Waals surface area contributed by atoms with Crippen LogP contribution in [0.5, 0.6) is 0 Å². The van der Waals surface area contributed by atoms with Crippen molar-refractivity contribution in [2.24, 2.45) is 0 Å². The molecule has 0 aromatic heterocycles. The molecular weight excluding hydrogens is 224 g/mol. The molecule has 3 heteroatoms. The fourth-order valence-corrected chi connectivity index (χ4v) is 1.88. The SMILES string of the molecule is C=CC[N+](CC=C)(CC=C)CCNC(=O)C(=C)C. The summed E-state index contributed by atoms with van der Waals surface area (Å²) in [6.07, 6.45) is 5.69. The van der Waals surface area contributed by atoms with Gasteiger partial charge in [-0.25, -0.2) is 0 Å². The second-order valence-electron chi connectivity index (χ2n) is 4.52. The number of carbonyl (C=O) groups is 1. The minimum Gasteiger partial charge on any atom is -0.347 e. The van der Waals surface area contributed by atoms with Gasteiger partial charge in [0.05, 0.1) is 32.7 Å². The highest BCUT2D eigenvalue weighted by atomic mass is 16.1. The number of amides is 1. The zero-order chi connectivity index (χ0) is 14.0. The monoisotopic (exact) mass is 249 g/mol. The molecule has 0 aliphatic carbocycles. The van der Waals surface area contributed by atoms with Gasteiger partial charge in [-0.2, -0.15) is 0 Å². The average Bonchev–Trinajstić information content (AvgIpc) is 2.29. The van der Waals surface area contributed by atoms with E-state index in [9.17, 15) is 4.79 Å². The third-order valence-corrected chi connectivity index (χ3v) is 2.81. The summed E-state index contributed by atoms with van der Waals surface area (Å²) in [4.78, 5) is 11.4. The molecule has 0 aromatic rings. The van der Waals surface area contributed by atoms with Crippen LogP contribution in [0.1, 0.15) is 6.92 Å². The maximum absolute atomic E-state index is 11.4. The Labute approximate surface area is 111 Å². The molecule has 18 heavy (non-hydrogen) atoms. The Kier molecular flexibility index (Phi) is 7.72. The smallest absolute Gasteiger partial charge is 0.246 e. The van der Waals surface area contributed by atoms with Crippen LogP contribution >= 0.6 is 0 Å². The summed E-state index contributed by atoms with van der Waals surface area (Å²) in [6.45, 7) is 20.6. The highest BCUT2D eigenvalue weighted by Gasteiger charge is 2.22. The van der Waals surface area contributed by atoms with Crippen LogP contribution in [0.15, 0.2) is 50.1 Å². The molecule has 0 saturated carbocycles. The molecule has 1 amide bonds. The van der Waals surface area contributed by atoms with Crippen LogP contribution in [-0.4, -0.2) is 43.1 Å². The minimum absolute atomic E-state index is 0.0936. The van der Waals surface area contributed by atoms with Gasteiger partial charge in [0.15, 0.2) is 0 Å². The van der Waals surface area contributed by atoms with Gasteiger partial charge in [0.2, 0.25) is 5.91 Å². The third kappa shape index (κ3) is 5.64. The van der Waals surface area contributed by atoms with E-state index in [1.807, 2.05) is 18.2 Å². The van der Waals surface area contributed by atoms with E-state index in [4.69, 9.17) is 0 Å². The van der Waals surface area contributed by atoms with Gasteiger partial charge in [0, 0.05) is 5.57 Å². The van der Waals surface area contributed by atoms with Crippen LogP contribution in [0.2, 0.25) is 0 Å². The first-order valence-electron chi connectivity index (χ1n) is 6.13. The number of nitrogens with zero attached hydrogens (tertiary/aromatic N) is 1. The fraction of sp³-hybridized carbons (Fsp3) is 0.400. The first-order chi connectivity index (χ1) is 8.51. The van der Waals surface area contributed by atoms with Crippen molar-refractivity contribution >= 4 is 5.91 Å². The molecule has 0 unspecified atom stereocenters. The predicted octanol–water partition coefficient (Wildman–Crippen LogP) is 2.05. The number of carbonyl (C=O) groups excluding carboxylic acids is 1. The molecule has 0 aliphatic heterocycles. The third-order valence-electron chi connectivity index (χ3n) is 2.81. The minimum atomic E-state index is -0.0936. The zero-order valence-electron chi connectivity index (χ0n) is 11.5. The van der Waals surface area contributed by atoms with Gasteiger partial charge >= 0.3 is 0 Å². The highest BCUT2D eigenvalue weighted by molar-refractivity contribution is 5.91. The second-order valence-corrected chi connectivity index (χ2v) is 4.52. The molecule has 0 bridgehead atoms. The Bertz CT molecular complexity index is 305. The van der Waals surface area contributed by atoms with Crippen molar-refractivity contribution in [3.8, 4) is 0 Å². The van der Waals surface area contributed by atoms with Crippen LogP contribution in [-0.2, 0) is 4.79 Å². The standard InChI is InChI=1S/C15H24N2O/c1-6-10-17(11-7-2,12-8-3)13-9-16-15(18)14(4)5/h6-8H,1-4,9-13H2,5H3/p+1. The van der Waals surface area contributed by atoms with Crippen LogP contribution in [0, 0.1) is 0 Å². The zero-order valence-corrected chi connectivity index (χ0v) is 11.5. The molecule has 0 atom stereocenters. The number of hydrogen-bond acceptors (Lipinski definition) is 1. The Balaban J connectivity index is 4.51. The van der Waals surface area contributed by atoms with Crippen molar-refractivity contribution in [3.63, 3.8) is 0 Å². The summed E-state index contributed by atoms with van der Waals surface area (Å²) in [5, 5.41) is 2.86. The largest absolute Gasteiger partial charge is 0.347 e. The van der Waals surface area contributed by atoms with Gasteiger partial charge in [-0.05, 0) is 25.2 Å². The summed E-state index contributed by atoms with van der Waals surface area (Å²) < 4.78 is 0.785. The summed E-state index contributed by atoms with van der Waals surface area (Å²) in [5.74, 6) is -0.0936. The average molecular weight is 249 g/mol. The Morgan fingerprint density at radius 3 is 1.89 bits per heavy atom. The molecule has 0 spiro atoms. The molecule has 0 aliphatic rings. The van der Waals surface area contributed by atoms with E-state index >= 15 is 0 Å². The lowest BCUT2D eigenvalue weighted by atomic mass is 10.2. The van der Waals surface area contributed by atoms with Crippen LogP contribution < -0.4 is 5.32 Å². The van der Waals surface area contributed by atoms with Crippen molar-refractivity contribution in [1.82, 2.24) is 5.32 Å². The lowest BCUT2D eigenvalue weighted by Crippen LogP contribution is -2.52. The van der Waals surface area contributed by atoms with Crippen molar-refractivity contribution in [1.29, 1.82) is 0 Å². The Morgan fingerprint density at radius 2 is 1.56 bits per heavy atom. The summed E-state index contributed by atoms with van der Waals surface area (Å²) in [5.41, 5.74) is 0.532. The van der Waals surface area contributed by atoms with E-state index in [1.165, 1.54) is 0 Å². The van der Waals surface area contributed by atoms with E-state index in [2.05, 4.69) is 31.6 Å². The van der Waals surface area contributed by atoms with Gasteiger partial charge in [0.1, 0.15) is 0 Å². The Hall–Kier alpha value is -1.61. The van der Waals surface area contributed by atoms with Gasteiger partial charge in [-0.1, -0.05) is 26.3 Å². The molecule has 1 N–H and O–H groups in total. The molecule has 0 fully saturated rings. The molecule has 0 saturated heterocycles. The quantitative estimate of drug-likeness (QED) is 0.358. The molecule has 0 rings (SSSR count). The van der Waals surface area contributed by atoms with Crippen molar-refractivity contribution in [3.05, 3.63) is 50.1 Å². The molecule has 3 nitrogen and oxygen atoms in total. The summed E-state index contributed by atoms with van der Waals surface area (Å²) in [7, 11) is 0. The van der Waals surface area contributed by atoms with E-state index in [-0.39, 0.29) is 5.91 Å². The molecule has 0 aromatic carbocycles.